The van der Waals surface area contributed by atoms with Crippen LogP contribution in [-0.2, 0) is 0 Å². The molecule has 5 rings (SSSR count). The highest BCUT2D eigenvalue weighted by Crippen LogP contribution is 2.44. The van der Waals surface area contributed by atoms with E-state index in [0.717, 1.165) is 36.2 Å². The Morgan fingerprint density at radius 3 is 2.90 bits per heavy atom. The molecule has 2 aromatic heterocycles. The number of carbonyl (C=O) groups is 1. The van der Waals surface area contributed by atoms with E-state index in [9.17, 15) is 18.7 Å². The highest BCUT2D eigenvalue weighted by atomic mass is 32.2. The molecule has 1 amide bonds. The third-order valence-electron chi connectivity index (χ3n) is 5.66. The quantitative estimate of drug-likeness (QED) is 0.476. The first kappa shape index (κ1) is 19.3. The minimum Gasteiger partial charge on any atom is -0.378 e. The van der Waals surface area contributed by atoms with Crippen LogP contribution >= 0.6 is 11.9 Å². The van der Waals surface area contributed by atoms with E-state index in [4.69, 9.17) is 0 Å². The highest BCUT2D eigenvalue weighted by molar-refractivity contribution is 7.99. The third-order valence-corrected chi connectivity index (χ3v) is 6.74. The molecular formula is C21H20F2N4O2S. The Kier molecular flexibility index (Phi) is 4.67. The lowest BCUT2D eigenvalue weighted by molar-refractivity contribution is 0.0983. The molecule has 1 atom stereocenters. The molecule has 2 aliphatic rings. The van der Waals surface area contributed by atoms with Gasteiger partial charge in [-0.05, 0) is 68.0 Å². The van der Waals surface area contributed by atoms with Gasteiger partial charge in [0.25, 0.3) is 5.91 Å². The Hall–Kier alpha value is -2.65. The van der Waals surface area contributed by atoms with Crippen LogP contribution in [0.1, 0.15) is 47.6 Å². The Balaban J connectivity index is 1.45. The number of amides is 1. The lowest BCUT2D eigenvalue weighted by Crippen LogP contribution is -2.24. The van der Waals surface area contributed by atoms with Gasteiger partial charge in [0.15, 0.2) is 0 Å². The average molecular weight is 430 g/mol. The van der Waals surface area contributed by atoms with Crippen molar-refractivity contribution in [2.75, 3.05) is 11.4 Å². The molecule has 0 spiro atoms. The minimum absolute atomic E-state index is 0.275. The van der Waals surface area contributed by atoms with Crippen molar-refractivity contribution in [2.24, 2.45) is 0 Å². The fraction of sp³-hybridized carbons (Fsp3) is 0.333. The number of rotatable bonds is 5. The van der Waals surface area contributed by atoms with E-state index >= 15 is 0 Å². The Bertz CT molecular complexity index is 1130. The molecule has 3 aromatic rings. The van der Waals surface area contributed by atoms with Crippen molar-refractivity contribution in [3.05, 3.63) is 65.5 Å². The zero-order valence-corrected chi connectivity index (χ0v) is 16.8. The second kappa shape index (κ2) is 7.24. The number of nitrogens with zero attached hydrogens (tertiary/aromatic N) is 3. The molecule has 1 aliphatic heterocycles. The molecule has 1 aliphatic carbocycles. The Labute approximate surface area is 176 Å². The molecule has 9 heteroatoms. The van der Waals surface area contributed by atoms with Gasteiger partial charge >= 0.3 is 0 Å². The number of hydrogen-bond acceptors (Lipinski definition) is 5. The predicted octanol–water partition coefficient (Wildman–Crippen LogP) is 3.81. The van der Waals surface area contributed by atoms with Gasteiger partial charge in [0.1, 0.15) is 16.6 Å². The molecule has 0 radical (unpaired) electrons. The minimum atomic E-state index is -0.860. The van der Waals surface area contributed by atoms with Crippen molar-refractivity contribution < 1.29 is 18.7 Å². The molecule has 30 heavy (non-hydrogen) atoms. The zero-order valence-electron chi connectivity index (χ0n) is 16.0. The Morgan fingerprint density at radius 2 is 2.10 bits per heavy atom. The lowest BCUT2D eigenvalue weighted by Gasteiger charge is -2.27. The van der Waals surface area contributed by atoms with Crippen molar-refractivity contribution in [1.82, 2.24) is 14.3 Å². The van der Waals surface area contributed by atoms with Crippen LogP contribution in [0.3, 0.4) is 0 Å². The number of benzene rings is 1. The van der Waals surface area contributed by atoms with E-state index in [0.29, 0.717) is 42.5 Å². The molecule has 3 heterocycles. The SMILES string of the molecule is O=C(NSC1(O)CC1)c1cnn2ccc(N3CCCC3c3cc(F)ccc3F)cc12. The Morgan fingerprint density at radius 1 is 1.27 bits per heavy atom. The normalized spacial score (nSPS) is 20.0. The van der Waals surface area contributed by atoms with E-state index in [1.807, 2.05) is 17.0 Å². The summed E-state index contributed by atoms with van der Waals surface area (Å²) in [5.41, 5.74) is 2.16. The van der Waals surface area contributed by atoms with Gasteiger partial charge in [0.2, 0.25) is 0 Å². The van der Waals surface area contributed by atoms with Crippen LogP contribution in [0.2, 0.25) is 0 Å². The first-order valence-corrected chi connectivity index (χ1v) is 10.6. The van der Waals surface area contributed by atoms with Gasteiger partial charge in [-0.1, -0.05) is 0 Å². The molecule has 6 nitrogen and oxygen atoms in total. The number of anilines is 1. The fourth-order valence-electron chi connectivity index (χ4n) is 3.90. The molecule has 156 valence electrons. The van der Waals surface area contributed by atoms with Gasteiger partial charge in [0, 0.05) is 24.0 Å². The maximum absolute atomic E-state index is 14.4. The maximum atomic E-state index is 14.4. The van der Waals surface area contributed by atoms with Crippen LogP contribution in [0, 0.1) is 11.6 Å². The fourth-order valence-corrected chi connectivity index (χ4v) is 4.60. The average Bonchev–Trinajstić information content (AvgIpc) is 3.14. The van der Waals surface area contributed by atoms with Gasteiger partial charge in [-0.15, -0.1) is 0 Å². The molecule has 1 saturated heterocycles. The predicted molar refractivity (Wildman–Crippen MR) is 110 cm³/mol. The van der Waals surface area contributed by atoms with E-state index in [1.54, 1.807) is 10.7 Å². The van der Waals surface area contributed by atoms with Gasteiger partial charge in [-0.2, -0.15) is 5.10 Å². The van der Waals surface area contributed by atoms with Crippen molar-refractivity contribution in [2.45, 2.75) is 36.7 Å². The summed E-state index contributed by atoms with van der Waals surface area (Å²) in [4.78, 5) is 13.8. The summed E-state index contributed by atoms with van der Waals surface area (Å²) in [5.74, 6) is -1.21. The van der Waals surface area contributed by atoms with Gasteiger partial charge < -0.3 is 10.0 Å². The molecule has 1 unspecified atom stereocenters. The maximum Gasteiger partial charge on any atom is 0.265 e. The molecule has 1 saturated carbocycles. The topological polar surface area (TPSA) is 69.9 Å². The number of hydrogen-bond donors (Lipinski definition) is 2. The van der Waals surface area contributed by atoms with Crippen molar-refractivity contribution in [1.29, 1.82) is 0 Å². The van der Waals surface area contributed by atoms with Crippen LogP contribution in [0.15, 0.2) is 42.7 Å². The molecule has 2 N–H and O–H groups in total. The lowest BCUT2D eigenvalue weighted by atomic mass is 10.0. The number of aliphatic hydroxyl groups is 1. The molecule has 2 fully saturated rings. The summed E-state index contributed by atoms with van der Waals surface area (Å²) in [6, 6.07) is 6.97. The van der Waals surface area contributed by atoms with Crippen LogP contribution < -0.4 is 9.62 Å². The number of pyridine rings is 1. The number of aromatic nitrogens is 2. The van der Waals surface area contributed by atoms with Gasteiger partial charge in [-0.25, -0.2) is 13.3 Å². The van der Waals surface area contributed by atoms with Gasteiger partial charge in [-0.3, -0.25) is 9.52 Å². The van der Waals surface area contributed by atoms with E-state index in [2.05, 4.69) is 9.82 Å². The second-order valence-corrected chi connectivity index (χ2v) is 8.94. The number of carbonyl (C=O) groups excluding carboxylic acids is 1. The number of fused-ring (bicyclic) bond motifs is 1. The van der Waals surface area contributed by atoms with Crippen LogP contribution in [0.5, 0.6) is 0 Å². The summed E-state index contributed by atoms with van der Waals surface area (Å²) in [6.07, 6.45) is 6.12. The molecule has 0 bridgehead atoms. The van der Waals surface area contributed by atoms with Crippen LogP contribution in [0.4, 0.5) is 14.5 Å². The smallest absolute Gasteiger partial charge is 0.265 e. The zero-order chi connectivity index (χ0) is 20.9. The van der Waals surface area contributed by atoms with E-state index in [1.165, 1.54) is 12.3 Å². The van der Waals surface area contributed by atoms with Crippen molar-refractivity contribution >= 4 is 29.1 Å². The second-order valence-electron chi connectivity index (χ2n) is 7.77. The first-order valence-electron chi connectivity index (χ1n) is 9.83. The monoisotopic (exact) mass is 430 g/mol. The van der Waals surface area contributed by atoms with Crippen molar-refractivity contribution in [3.8, 4) is 0 Å². The number of halogens is 2. The number of nitrogens with one attached hydrogen (secondary N) is 1. The third kappa shape index (κ3) is 3.52. The highest BCUT2D eigenvalue weighted by Gasteiger charge is 2.42. The first-order chi connectivity index (χ1) is 14.4. The van der Waals surface area contributed by atoms with Crippen LogP contribution in [0.25, 0.3) is 5.52 Å². The van der Waals surface area contributed by atoms with Crippen LogP contribution in [-0.4, -0.2) is 32.1 Å². The summed E-state index contributed by atoms with van der Waals surface area (Å²) in [5, 5.41) is 14.1. The summed E-state index contributed by atoms with van der Waals surface area (Å²) < 4.78 is 32.4. The summed E-state index contributed by atoms with van der Waals surface area (Å²) in [7, 11) is 0. The van der Waals surface area contributed by atoms with Gasteiger partial charge in [0.05, 0.1) is 23.3 Å². The van der Waals surface area contributed by atoms with Crippen molar-refractivity contribution in [3.63, 3.8) is 0 Å². The largest absolute Gasteiger partial charge is 0.378 e. The van der Waals surface area contributed by atoms with E-state index < -0.39 is 16.6 Å². The summed E-state index contributed by atoms with van der Waals surface area (Å²) in [6.45, 7) is 0.704. The van der Waals surface area contributed by atoms with E-state index in [-0.39, 0.29) is 11.9 Å². The molecule has 1 aromatic carbocycles. The standard InChI is InChI=1S/C21H20F2N4O2S/c22-13-3-4-17(23)15(10-13)18-2-1-8-26(18)14-5-9-27-19(11-14)16(12-24-27)20(28)25-30-21(29)6-7-21/h3-5,9-12,18,29H,1-2,6-8H2,(H,25,28). The summed E-state index contributed by atoms with van der Waals surface area (Å²) >= 11 is 1.02. The molecular weight excluding hydrogens is 410 g/mol.